The minimum Gasteiger partial charge on any atom is -0.325 e. The second kappa shape index (κ2) is 5.30. The predicted octanol–water partition coefficient (Wildman–Crippen LogP) is 1.52. The summed E-state index contributed by atoms with van der Waals surface area (Å²) in [4.78, 5) is 15.9. The zero-order valence-electron chi connectivity index (χ0n) is 9.76. The lowest BCUT2D eigenvalue weighted by atomic mass is 10.1. The lowest BCUT2D eigenvalue weighted by Crippen LogP contribution is -2.35. The van der Waals surface area contributed by atoms with Gasteiger partial charge in [0.1, 0.15) is 0 Å². The summed E-state index contributed by atoms with van der Waals surface area (Å²) in [7, 11) is 0. The lowest BCUT2D eigenvalue weighted by Gasteiger charge is -2.10. The van der Waals surface area contributed by atoms with Gasteiger partial charge in [-0.1, -0.05) is 6.07 Å². The number of amides is 1. The molecule has 0 saturated heterocycles. The molecule has 1 aromatic heterocycles. The Morgan fingerprint density at radius 1 is 1.50 bits per heavy atom. The molecule has 0 aliphatic heterocycles. The van der Waals surface area contributed by atoms with Crippen molar-refractivity contribution in [2.45, 2.75) is 12.5 Å². The Balaban J connectivity index is 2.17. The minimum absolute atomic E-state index is 0.223. The molecule has 1 amide bonds. The van der Waals surface area contributed by atoms with E-state index in [1.807, 2.05) is 24.3 Å². The van der Waals surface area contributed by atoms with Crippen molar-refractivity contribution >= 4 is 22.5 Å². The Morgan fingerprint density at radius 2 is 2.33 bits per heavy atom. The highest BCUT2D eigenvalue weighted by Gasteiger charge is 2.12. The Labute approximate surface area is 105 Å². The smallest absolute Gasteiger partial charge is 0.242 e. The van der Waals surface area contributed by atoms with E-state index in [9.17, 15) is 4.79 Å². The van der Waals surface area contributed by atoms with E-state index in [2.05, 4.69) is 16.2 Å². The Bertz CT molecular complexity index is 616. The van der Waals surface area contributed by atoms with E-state index in [4.69, 9.17) is 12.2 Å². The standard InChI is InChI=1S/C14H13N3O/c1-2-4-12(15)14(18)17-11-6-7-13-10(9-11)5-3-8-16-13/h1,3,5-9,12H,4,15H2,(H,17,18). The van der Waals surface area contributed by atoms with Crippen molar-refractivity contribution in [2.24, 2.45) is 5.73 Å². The molecule has 90 valence electrons. The number of nitrogens with two attached hydrogens (primary N) is 1. The van der Waals surface area contributed by atoms with E-state index in [1.54, 1.807) is 12.3 Å². The molecule has 2 rings (SSSR count). The molecule has 3 N–H and O–H groups in total. The average Bonchev–Trinajstić information content (AvgIpc) is 2.39. The highest BCUT2D eigenvalue weighted by Crippen LogP contribution is 2.17. The number of benzene rings is 1. The van der Waals surface area contributed by atoms with Crippen LogP contribution < -0.4 is 11.1 Å². The maximum absolute atomic E-state index is 11.7. The van der Waals surface area contributed by atoms with Gasteiger partial charge < -0.3 is 11.1 Å². The first kappa shape index (κ1) is 12.1. The molecule has 0 spiro atoms. The number of rotatable bonds is 3. The highest BCUT2D eigenvalue weighted by molar-refractivity contribution is 5.96. The van der Waals surface area contributed by atoms with Crippen molar-refractivity contribution in [2.75, 3.05) is 5.32 Å². The molecule has 0 saturated carbocycles. The van der Waals surface area contributed by atoms with Gasteiger partial charge >= 0.3 is 0 Å². The molecule has 4 nitrogen and oxygen atoms in total. The first-order valence-corrected chi connectivity index (χ1v) is 5.55. The van der Waals surface area contributed by atoms with Crippen LogP contribution in [0.2, 0.25) is 0 Å². The summed E-state index contributed by atoms with van der Waals surface area (Å²) in [5, 5.41) is 3.69. The predicted molar refractivity (Wildman–Crippen MR) is 71.8 cm³/mol. The molecule has 18 heavy (non-hydrogen) atoms. The van der Waals surface area contributed by atoms with E-state index in [0.29, 0.717) is 5.69 Å². The number of pyridine rings is 1. The van der Waals surface area contributed by atoms with E-state index in [0.717, 1.165) is 10.9 Å². The summed E-state index contributed by atoms with van der Waals surface area (Å²) in [5.74, 6) is 2.09. The summed E-state index contributed by atoms with van der Waals surface area (Å²) in [5.41, 5.74) is 7.19. The Hall–Kier alpha value is -2.38. The van der Waals surface area contributed by atoms with Crippen LogP contribution in [0, 0.1) is 12.3 Å². The second-order valence-corrected chi connectivity index (χ2v) is 3.91. The largest absolute Gasteiger partial charge is 0.325 e. The quantitative estimate of drug-likeness (QED) is 0.798. The molecule has 0 aliphatic carbocycles. The van der Waals surface area contributed by atoms with E-state index in [1.165, 1.54) is 0 Å². The summed E-state index contributed by atoms with van der Waals surface area (Å²) < 4.78 is 0. The van der Waals surface area contributed by atoms with Gasteiger partial charge in [0.15, 0.2) is 0 Å². The maximum Gasteiger partial charge on any atom is 0.242 e. The normalized spacial score (nSPS) is 11.8. The topological polar surface area (TPSA) is 68.0 Å². The third-order valence-electron chi connectivity index (χ3n) is 2.55. The number of fused-ring (bicyclic) bond motifs is 1. The van der Waals surface area contributed by atoms with Crippen molar-refractivity contribution in [1.29, 1.82) is 0 Å². The van der Waals surface area contributed by atoms with Gasteiger partial charge in [0.2, 0.25) is 5.91 Å². The number of aromatic nitrogens is 1. The van der Waals surface area contributed by atoms with Crippen molar-refractivity contribution in [3.8, 4) is 12.3 Å². The molecule has 1 heterocycles. The van der Waals surface area contributed by atoms with Crippen LogP contribution >= 0.6 is 0 Å². The molecule has 0 bridgehead atoms. The second-order valence-electron chi connectivity index (χ2n) is 3.91. The molecule has 2 aromatic rings. The number of hydrogen-bond donors (Lipinski definition) is 2. The number of carbonyl (C=O) groups excluding carboxylic acids is 1. The fraction of sp³-hybridized carbons (Fsp3) is 0.143. The van der Waals surface area contributed by atoms with E-state index >= 15 is 0 Å². The number of nitrogens with zero attached hydrogens (tertiary/aromatic N) is 1. The summed E-state index contributed by atoms with van der Waals surface area (Å²) in [6.45, 7) is 0. The van der Waals surface area contributed by atoms with Crippen LogP contribution in [0.1, 0.15) is 6.42 Å². The lowest BCUT2D eigenvalue weighted by molar-refractivity contribution is -0.117. The van der Waals surface area contributed by atoms with E-state index in [-0.39, 0.29) is 12.3 Å². The van der Waals surface area contributed by atoms with Crippen molar-refractivity contribution < 1.29 is 4.79 Å². The number of nitrogens with one attached hydrogen (secondary N) is 1. The van der Waals surface area contributed by atoms with Crippen molar-refractivity contribution in [3.63, 3.8) is 0 Å². The Morgan fingerprint density at radius 3 is 3.11 bits per heavy atom. The van der Waals surface area contributed by atoms with Crippen molar-refractivity contribution in [3.05, 3.63) is 36.5 Å². The van der Waals surface area contributed by atoms with Gasteiger partial charge in [-0.2, -0.15) is 0 Å². The molecule has 1 unspecified atom stereocenters. The van der Waals surface area contributed by atoms with Crippen LogP contribution in [0.25, 0.3) is 10.9 Å². The molecular formula is C14H13N3O. The SMILES string of the molecule is C#CCC(N)C(=O)Nc1ccc2ncccc2c1. The first-order chi connectivity index (χ1) is 8.70. The van der Waals surface area contributed by atoms with Gasteiger partial charge in [-0.3, -0.25) is 9.78 Å². The van der Waals surface area contributed by atoms with Gasteiger partial charge in [-0.15, -0.1) is 12.3 Å². The van der Waals surface area contributed by atoms with Crippen LogP contribution in [0.15, 0.2) is 36.5 Å². The summed E-state index contributed by atoms with van der Waals surface area (Å²) in [6.07, 6.45) is 7.07. The molecule has 1 atom stereocenters. The number of anilines is 1. The number of terminal acetylenes is 1. The van der Waals surface area contributed by atoms with Crippen LogP contribution in [-0.2, 0) is 4.79 Å². The van der Waals surface area contributed by atoms with Crippen molar-refractivity contribution in [1.82, 2.24) is 4.98 Å². The van der Waals surface area contributed by atoms with Crippen LogP contribution in [0.4, 0.5) is 5.69 Å². The fourth-order valence-corrected chi connectivity index (χ4v) is 1.61. The first-order valence-electron chi connectivity index (χ1n) is 5.55. The van der Waals surface area contributed by atoms with Crippen LogP contribution in [-0.4, -0.2) is 16.9 Å². The molecule has 0 radical (unpaired) electrons. The number of carbonyl (C=O) groups is 1. The van der Waals surface area contributed by atoms with E-state index < -0.39 is 6.04 Å². The zero-order chi connectivity index (χ0) is 13.0. The third kappa shape index (κ3) is 2.65. The molecule has 4 heteroatoms. The van der Waals surface area contributed by atoms with Crippen LogP contribution in [0.3, 0.4) is 0 Å². The molecule has 0 aliphatic rings. The maximum atomic E-state index is 11.7. The molecular weight excluding hydrogens is 226 g/mol. The van der Waals surface area contributed by atoms with Gasteiger partial charge in [0.25, 0.3) is 0 Å². The Kier molecular flexibility index (Phi) is 3.56. The average molecular weight is 239 g/mol. The van der Waals surface area contributed by atoms with Gasteiger partial charge in [0, 0.05) is 23.7 Å². The minimum atomic E-state index is -0.681. The number of hydrogen-bond acceptors (Lipinski definition) is 3. The highest BCUT2D eigenvalue weighted by atomic mass is 16.2. The summed E-state index contributed by atoms with van der Waals surface area (Å²) in [6, 6.07) is 8.58. The zero-order valence-corrected chi connectivity index (χ0v) is 9.76. The van der Waals surface area contributed by atoms with Crippen LogP contribution in [0.5, 0.6) is 0 Å². The third-order valence-corrected chi connectivity index (χ3v) is 2.55. The molecule has 0 fully saturated rings. The fourth-order valence-electron chi connectivity index (χ4n) is 1.61. The van der Waals surface area contributed by atoms with Gasteiger partial charge in [0.05, 0.1) is 11.6 Å². The van der Waals surface area contributed by atoms with Gasteiger partial charge in [-0.25, -0.2) is 0 Å². The van der Waals surface area contributed by atoms with Gasteiger partial charge in [-0.05, 0) is 24.3 Å². The monoisotopic (exact) mass is 239 g/mol. The molecule has 1 aromatic carbocycles. The summed E-state index contributed by atoms with van der Waals surface area (Å²) >= 11 is 0.